The number of aromatic carboxylic acids is 2. The molecule has 1 aliphatic carbocycles. The molecule has 0 radical (unpaired) electrons. The van der Waals surface area contributed by atoms with Gasteiger partial charge in [-0.25, -0.2) is 9.59 Å². The van der Waals surface area contributed by atoms with E-state index >= 15 is 0 Å². The zero-order chi connectivity index (χ0) is 33.4. The van der Waals surface area contributed by atoms with Gasteiger partial charge in [0.05, 0.1) is 16.5 Å². The molecule has 0 fully saturated rings. The number of benzene rings is 2. The largest absolute Gasteiger partial charge is 0.478 e. The molecule has 2 aromatic rings. The van der Waals surface area contributed by atoms with Gasteiger partial charge in [0.15, 0.2) is 5.71 Å². The number of carbonyl (C=O) groups is 2. The van der Waals surface area contributed by atoms with Gasteiger partial charge in [0, 0.05) is 47.5 Å². The molecule has 6 nitrogen and oxygen atoms in total. The molecule has 0 bridgehead atoms. The Morgan fingerprint density at radius 1 is 0.848 bits per heavy atom. The number of hydrogen-bond acceptors (Lipinski definition) is 3. The maximum atomic E-state index is 11.8. The Morgan fingerprint density at radius 3 is 2.15 bits per heavy atom. The summed E-state index contributed by atoms with van der Waals surface area (Å²) in [5, 5.41) is 19.3. The van der Waals surface area contributed by atoms with Gasteiger partial charge in [-0.05, 0) is 98.7 Å². The third kappa shape index (κ3) is 5.90. The number of carboxylic acid groups (broad SMARTS) is 2. The molecule has 3 aliphatic rings. The molecular formula is C40H49N2O4+. The number of anilines is 1. The Labute approximate surface area is 274 Å². The second-order valence-corrected chi connectivity index (χ2v) is 13.9. The monoisotopic (exact) mass is 621 g/mol. The third-order valence-electron chi connectivity index (χ3n) is 10.3. The van der Waals surface area contributed by atoms with Crippen molar-refractivity contribution >= 4 is 29.0 Å². The fourth-order valence-electron chi connectivity index (χ4n) is 7.36. The van der Waals surface area contributed by atoms with Crippen molar-refractivity contribution in [3.05, 3.63) is 105 Å². The van der Waals surface area contributed by atoms with Crippen molar-refractivity contribution in [3.63, 3.8) is 0 Å². The van der Waals surface area contributed by atoms with Gasteiger partial charge in [-0.1, -0.05) is 52.7 Å². The minimum absolute atomic E-state index is 0.313. The molecule has 242 valence electrons. The Hall–Kier alpha value is -4.19. The van der Waals surface area contributed by atoms with Crippen molar-refractivity contribution in [1.82, 2.24) is 0 Å². The van der Waals surface area contributed by atoms with E-state index in [4.69, 9.17) is 0 Å². The number of unbranched alkanes of at least 4 members (excludes halogenated alkanes) is 2. The maximum Gasteiger partial charge on any atom is 0.335 e. The fourth-order valence-corrected chi connectivity index (χ4v) is 7.36. The molecule has 2 aliphatic heterocycles. The Kier molecular flexibility index (Phi) is 9.30. The molecule has 0 atom stereocenters. The highest BCUT2D eigenvalue weighted by Crippen LogP contribution is 2.48. The third-order valence-corrected chi connectivity index (χ3v) is 10.3. The first-order valence-corrected chi connectivity index (χ1v) is 16.8. The zero-order valence-corrected chi connectivity index (χ0v) is 28.5. The summed E-state index contributed by atoms with van der Waals surface area (Å²) >= 11 is 0. The molecule has 0 unspecified atom stereocenters. The second kappa shape index (κ2) is 12.9. The van der Waals surface area contributed by atoms with Gasteiger partial charge in [0.1, 0.15) is 6.54 Å². The van der Waals surface area contributed by atoms with Crippen LogP contribution in [0.2, 0.25) is 0 Å². The van der Waals surface area contributed by atoms with E-state index in [-0.39, 0.29) is 10.8 Å². The van der Waals surface area contributed by atoms with Crippen molar-refractivity contribution in [2.75, 3.05) is 18.0 Å². The van der Waals surface area contributed by atoms with E-state index in [9.17, 15) is 19.8 Å². The number of hydrogen-bond donors (Lipinski definition) is 2. The van der Waals surface area contributed by atoms with Crippen LogP contribution in [0.5, 0.6) is 0 Å². The molecule has 2 N–H and O–H groups in total. The van der Waals surface area contributed by atoms with E-state index in [1.807, 2.05) is 24.3 Å². The van der Waals surface area contributed by atoms with Crippen LogP contribution in [-0.4, -0.2) is 45.5 Å². The molecular weight excluding hydrogens is 572 g/mol. The van der Waals surface area contributed by atoms with Gasteiger partial charge >= 0.3 is 11.9 Å². The highest BCUT2D eigenvalue weighted by Gasteiger charge is 2.45. The van der Waals surface area contributed by atoms with Gasteiger partial charge in [-0.2, -0.15) is 4.58 Å². The molecule has 0 saturated carbocycles. The quantitative estimate of drug-likeness (QED) is 0.244. The van der Waals surface area contributed by atoms with E-state index in [1.54, 1.807) is 12.1 Å². The standard InChI is InChI=1S/C40H48N2O4/c1-8-10-22-41-33-18-14-29(37(43)44)24-31(33)39(4,5)35(41)20-16-27-12-13-28(26(27)3)17-21-36-40(6,7)32-25-30(38(45)46)15-19-34(32)42(36)23-11-9-2/h14-21,24-25H,8-13,22-23H2,1-7H3,(H-,43,44,45,46)/p+1. The summed E-state index contributed by atoms with van der Waals surface area (Å²) in [6.07, 6.45) is 15.3. The maximum absolute atomic E-state index is 11.8. The number of allylic oxidation sites excluding steroid dienone is 8. The molecule has 0 amide bonds. The summed E-state index contributed by atoms with van der Waals surface area (Å²) in [6, 6.07) is 11.1. The summed E-state index contributed by atoms with van der Waals surface area (Å²) in [5.74, 6) is -1.79. The van der Waals surface area contributed by atoms with Crippen molar-refractivity contribution in [3.8, 4) is 0 Å². The van der Waals surface area contributed by atoms with Crippen molar-refractivity contribution in [1.29, 1.82) is 0 Å². The average molecular weight is 622 g/mol. The highest BCUT2D eigenvalue weighted by molar-refractivity contribution is 6.04. The summed E-state index contributed by atoms with van der Waals surface area (Å²) in [6.45, 7) is 17.2. The van der Waals surface area contributed by atoms with Gasteiger partial charge in [-0.3, -0.25) is 0 Å². The zero-order valence-electron chi connectivity index (χ0n) is 28.5. The molecule has 5 rings (SSSR count). The first-order valence-electron chi connectivity index (χ1n) is 16.8. The normalized spacial score (nSPS) is 20.0. The number of rotatable bonds is 11. The lowest BCUT2D eigenvalue weighted by Crippen LogP contribution is -2.28. The van der Waals surface area contributed by atoms with Crippen LogP contribution in [0.15, 0.2) is 83.1 Å². The predicted molar refractivity (Wildman–Crippen MR) is 187 cm³/mol. The van der Waals surface area contributed by atoms with Gasteiger partial charge in [-0.15, -0.1) is 0 Å². The van der Waals surface area contributed by atoms with Crippen LogP contribution >= 0.6 is 0 Å². The predicted octanol–water partition coefficient (Wildman–Crippen LogP) is 9.33. The lowest BCUT2D eigenvalue weighted by Gasteiger charge is -2.27. The van der Waals surface area contributed by atoms with Crippen LogP contribution < -0.4 is 4.90 Å². The lowest BCUT2D eigenvalue weighted by molar-refractivity contribution is -0.438. The molecule has 2 aromatic carbocycles. The molecule has 0 spiro atoms. The molecule has 2 heterocycles. The lowest BCUT2D eigenvalue weighted by atomic mass is 9.80. The highest BCUT2D eigenvalue weighted by atomic mass is 16.4. The smallest absolute Gasteiger partial charge is 0.335 e. The Balaban J connectivity index is 1.48. The Morgan fingerprint density at radius 2 is 1.50 bits per heavy atom. The second-order valence-electron chi connectivity index (χ2n) is 13.9. The molecule has 6 heteroatoms. The fraction of sp³-hybridized carbons (Fsp3) is 0.425. The van der Waals surface area contributed by atoms with E-state index in [1.165, 1.54) is 28.1 Å². The molecule has 46 heavy (non-hydrogen) atoms. The first-order chi connectivity index (χ1) is 21.8. The SMILES string of the molecule is CCCCN1/C(=C\C=C2\CCC(/C=C/C3=[N+](CCCC)c4ccc(C(=O)O)cc4C3(C)C)=C2C)C(C)(C)c2cc(C(=O)O)ccc21. The minimum Gasteiger partial charge on any atom is -0.478 e. The van der Waals surface area contributed by atoms with Crippen LogP contribution in [0.25, 0.3) is 0 Å². The van der Waals surface area contributed by atoms with Crippen LogP contribution in [-0.2, 0) is 10.8 Å². The minimum atomic E-state index is -0.896. The number of nitrogens with zero attached hydrogens (tertiary/aromatic N) is 2. The van der Waals surface area contributed by atoms with Gasteiger partial charge in [0.2, 0.25) is 5.69 Å². The summed E-state index contributed by atoms with van der Waals surface area (Å²) in [4.78, 5) is 25.9. The van der Waals surface area contributed by atoms with Crippen LogP contribution in [0.1, 0.15) is 119 Å². The van der Waals surface area contributed by atoms with Crippen LogP contribution in [0, 0.1) is 0 Å². The average Bonchev–Trinajstić information content (AvgIpc) is 3.55. The van der Waals surface area contributed by atoms with Crippen LogP contribution in [0.3, 0.4) is 0 Å². The molecule has 0 saturated heterocycles. The number of carboxylic acids is 2. The van der Waals surface area contributed by atoms with Crippen molar-refractivity contribution in [2.24, 2.45) is 0 Å². The molecule has 0 aromatic heterocycles. The summed E-state index contributed by atoms with van der Waals surface area (Å²) < 4.78 is 2.38. The summed E-state index contributed by atoms with van der Waals surface area (Å²) in [7, 11) is 0. The number of fused-ring (bicyclic) bond motifs is 2. The van der Waals surface area contributed by atoms with Crippen LogP contribution in [0.4, 0.5) is 11.4 Å². The summed E-state index contributed by atoms with van der Waals surface area (Å²) in [5.41, 5.74) is 10.7. The van der Waals surface area contributed by atoms with Crippen molar-refractivity contribution in [2.45, 2.75) is 97.8 Å². The Bertz CT molecular complexity index is 1730. The van der Waals surface area contributed by atoms with E-state index in [0.29, 0.717) is 11.1 Å². The van der Waals surface area contributed by atoms with Gasteiger partial charge < -0.3 is 15.1 Å². The topological polar surface area (TPSA) is 80.8 Å². The van der Waals surface area contributed by atoms with E-state index in [0.717, 1.165) is 74.1 Å². The van der Waals surface area contributed by atoms with E-state index < -0.39 is 11.9 Å². The van der Waals surface area contributed by atoms with E-state index in [2.05, 4.69) is 82.2 Å². The van der Waals surface area contributed by atoms with Gasteiger partial charge in [0.25, 0.3) is 0 Å². The first kappa shape index (κ1) is 33.2. The van der Waals surface area contributed by atoms with Crippen molar-refractivity contribution < 1.29 is 24.4 Å².